The molecule has 2 aromatic carbocycles. The van der Waals surface area contributed by atoms with Crippen molar-refractivity contribution in [1.29, 1.82) is 0 Å². The van der Waals surface area contributed by atoms with Gasteiger partial charge in [-0.15, -0.1) is 0 Å². The van der Waals surface area contributed by atoms with E-state index in [4.69, 9.17) is 40.4 Å². The van der Waals surface area contributed by atoms with Crippen molar-refractivity contribution in [1.82, 2.24) is 39.9 Å². The van der Waals surface area contributed by atoms with E-state index in [9.17, 15) is 0 Å². The molecule has 2 aliphatic rings. The highest BCUT2D eigenvalue weighted by Crippen LogP contribution is 2.39. The van der Waals surface area contributed by atoms with Crippen LogP contribution in [-0.2, 0) is 0 Å². The lowest BCUT2D eigenvalue weighted by atomic mass is 10.2. The summed E-state index contributed by atoms with van der Waals surface area (Å²) in [5.41, 5.74) is 3.11. The molecule has 2 aliphatic heterocycles. The Bertz CT molecular complexity index is 2420. The first-order valence-electron chi connectivity index (χ1n) is 14.0. The van der Waals surface area contributed by atoms with Gasteiger partial charge < -0.3 is 38.8 Å². The fraction of sp³-hybridized carbons (Fsp3) is 0.0625. The summed E-state index contributed by atoms with van der Waals surface area (Å²) >= 11 is 5.91. The zero-order chi connectivity index (χ0) is 31.7. The smallest absolute Gasteiger partial charge is 0.231 e. The third-order valence-electron chi connectivity index (χ3n) is 7.15. The zero-order valence-electron chi connectivity index (χ0n) is 24.0. The summed E-state index contributed by atoms with van der Waals surface area (Å²) in [7, 11) is 0. The number of hydrogen-bond acceptors (Lipinski definition) is 12. The number of aromatic hydroxyl groups is 1. The third-order valence-corrected chi connectivity index (χ3v) is 7.45. The van der Waals surface area contributed by atoms with Crippen molar-refractivity contribution < 1.29 is 28.8 Å². The van der Waals surface area contributed by atoms with Crippen molar-refractivity contribution in [2.45, 2.75) is 0 Å². The van der Waals surface area contributed by atoms with E-state index in [1.807, 2.05) is 36.5 Å². The SMILES string of the molecule is Clc1ncnc2cc3c(cc12)OCO3.Oc1cnc2[nH]ccc2c1.c1nc(Oc2cnc3[nH]ccc3c2)c2cc3c(cc2n1)OCO3. The minimum Gasteiger partial charge on any atom is -0.506 e. The Morgan fingerprint density at radius 2 is 1.21 bits per heavy atom. The summed E-state index contributed by atoms with van der Waals surface area (Å²) in [6, 6.07) is 14.6. The highest BCUT2D eigenvalue weighted by atomic mass is 35.5. The first kappa shape index (κ1) is 28.1. The van der Waals surface area contributed by atoms with Gasteiger partial charge in [-0.3, -0.25) is 0 Å². The maximum Gasteiger partial charge on any atom is 0.231 e. The summed E-state index contributed by atoms with van der Waals surface area (Å²) in [6.07, 6.45) is 9.58. The molecule has 0 atom stereocenters. The molecule has 0 unspecified atom stereocenters. The van der Waals surface area contributed by atoms with Crippen LogP contribution in [0.1, 0.15) is 0 Å². The van der Waals surface area contributed by atoms with Crippen LogP contribution >= 0.6 is 11.6 Å². The van der Waals surface area contributed by atoms with Crippen LogP contribution in [0.2, 0.25) is 5.15 Å². The van der Waals surface area contributed by atoms with Gasteiger partial charge in [-0.1, -0.05) is 11.6 Å². The van der Waals surface area contributed by atoms with Gasteiger partial charge >= 0.3 is 0 Å². The van der Waals surface area contributed by atoms with E-state index in [-0.39, 0.29) is 19.3 Å². The molecule has 0 spiro atoms. The number of fused-ring (bicyclic) bond motifs is 6. The first-order valence-corrected chi connectivity index (χ1v) is 14.4. The minimum atomic E-state index is 0.201. The van der Waals surface area contributed by atoms with Crippen LogP contribution in [0.25, 0.3) is 43.9 Å². The molecule has 0 bridgehead atoms. The van der Waals surface area contributed by atoms with E-state index >= 15 is 0 Å². The number of nitrogens with one attached hydrogen (secondary N) is 2. The van der Waals surface area contributed by atoms with Crippen LogP contribution in [0.15, 0.2) is 86.0 Å². The lowest BCUT2D eigenvalue weighted by Gasteiger charge is -2.08. The molecule has 0 radical (unpaired) electrons. The van der Waals surface area contributed by atoms with Crippen molar-refractivity contribution in [3.05, 3.63) is 91.1 Å². The van der Waals surface area contributed by atoms with E-state index in [1.54, 1.807) is 30.6 Å². The van der Waals surface area contributed by atoms with Gasteiger partial charge in [0.05, 0.1) is 28.8 Å². The zero-order valence-corrected chi connectivity index (χ0v) is 24.8. The number of hydrogen-bond donors (Lipinski definition) is 3. The standard InChI is InChI=1S/C16H10N4O3.C9H5ClN2O2.C7H6N2O/c1-2-17-15-9(1)3-10(6-18-15)23-16-11-4-13-14(22-8-21-13)5-12(11)19-7-20-16;10-9-5-1-7-8(14-4-13-7)2-6(5)11-3-12-9;10-6-3-5-1-2-8-7(5)9-4-6/h1-7H,8H2,(H,17,18);1-3H,4H2;1-4,10H,(H,8,9). The van der Waals surface area contributed by atoms with E-state index in [1.165, 1.54) is 18.9 Å². The molecule has 3 N–H and O–H groups in total. The Kier molecular flexibility index (Phi) is 7.07. The summed E-state index contributed by atoms with van der Waals surface area (Å²) < 4.78 is 27.1. The van der Waals surface area contributed by atoms with Crippen LogP contribution in [0.4, 0.5) is 0 Å². The molecule has 0 fully saturated rings. The summed E-state index contributed by atoms with van der Waals surface area (Å²) in [4.78, 5) is 30.7. The lowest BCUT2D eigenvalue weighted by molar-refractivity contribution is 0.173. The normalized spacial score (nSPS) is 12.5. The molecule has 15 heteroatoms. The number of pyridine rings is 2. The van der Waals surface area contributed by atoms with Crippen molar-refractivity contribution in [3.63, 3.8) is 0 Å². The maximum absolute atomic E-state index is 8.97. The van der Waals surface area contributed by atoms with Crippen LogP contribution in [0, 0.1) is 0 Å². The number of aromatic nitrogens is 8. The van der Waals surface area contributed by atoms with Gasteiger partial charge in [-0.2, -0.15) is 0 Å². The molecule has 10 rings (SSSR count). The van der Waals surface area contributed by atoms with E-state index in [0.717, 1.165) is 43.9 Å². The van der Waals surface area contributed by atoms with E-state index < -0.39 is 0 Å². The predicted octanol–water partition coefficient (Wildman–Crippen LogP) is 6.31. The van der Waals surface area contributed by atoms with Crippen molar-refractivity contribution in [2.24, 2.45) is 0 Å². The van der Waals surface area contributed by atoms with Crippen LogP contribution < -0.4 is 23.7 Å². The van der Waals surface area contributed by atoms with Crippen molar-refractivity contribution in [2.75, 3.05) is 13.6 Å². The lowest BCUT2D eigenvalue weighted by Crippen LogP contribution is -1.93. The molecule has 8 heterocycles. The number of H-pyrrole nitrogens is 2. The second kappa shape index (κ2) is 11.8. The minimum absolute atomic E-state index is 0.201. The predicted molar refractivity (Wildman–Crippen MR) is 170 cm³/mol. The Labute approximate surface area is 268 Å². The Morgan fingerprint density at radius 3 is 1.91 bits per heavy atom. The molecule has 0 aliphatic carbocycles. The molecule has 47 heavy (non-hydrogen) atoms. The highest BCUT2D eigenvalue weighted by Gasteiger charge is 2.18. The summed E-state index contributed by atoms with van der Waals surface area (Å²) in [5.74, 6) is 3.99. The maximum atomic E-state index is 8.97. The first-order chi connectivity index (χ1) is 23.1. The van der Waals surface area contributed by atoms with Gasteiger partial charge in [-0.05, 0) is 36.4 Å². The second-order valence-electron chi connectivity index (χ2n) is 10.1. The molecular formula is C32H21ClN8O6. The quantitative estimate of drug-likeness (QED) is 0.178. The van der Waals surface area contributed by atoms with Crippen LogP contribution in [-0.4, -0.2) is 58.6 Å². The Morgan fingerprint density at radius 1 is 0.638 bits per heavy atom. The number of halogens is 1. The summed E-state index contributed by atoms with van der Waals surface area (Å²) in [6.45, 7) is 0.458. The Balaban J connectivity index is 0.000000114. The van der Waals surface area contributed by atoms with Crippen LogP contribution in [0.3, 0.4) is 0 Å². The number of ether oxygens (including phenoxy) is 5. The van der Waals surface area contributed by atoms with Gasteiger partial charge in [0.2, 0.25) is 19.5 Å². The largest absolute Gasteiger partial charge is 0.506 e. The van der Waals surface area contributed by atoms with Gasteiger partial charge in [0.1, 0.15) is 40.6 Å². The fourth-order valence-corrected chi connectivity index (χ4v) is 5.13. The monoisotopic (exact) mass is 648 g/mol. The van der Waals surface area contributed by atoms with Gasteiger partial charge in [0, 0.05) is 40.7 Å². The van der Waals surface area contributed by atoms with Crippen molar-refractivity contribution in [3.8, 4) is 40.4 Å². The molecule has 0 amide bonds. The molecule has 0 saturated carbocycles. The number of nitrogens with zero attached hydrogens (tertiary/aromatic N) is 6. The highest BCUT2D eigenvalue weighted by molar-refractivity contribution is 6.34. The van der Waals surface area contributed by atoms with Gasteiger partial charge in [0.15, 0.2) is 23.0 Å². The number of aromatic amines is 2. The summed E-state index contributed by atoms with van der Waals surface area (Å²) in [5, 5.41) is 12.8. The molecular weight excluding hydrogens is 628 g/mol. The fourth-order valence-electron chi connectivity index (χ4n) is 4.93. The Hall–Kier alpha value is -6.41. The average Bonchev–Trinajstić information content (AvgIpc) is 3.91. The number of rotatable bonds is 2. The van der Waals surface area contributed by atoms with Gasteiger partial charge in [-0.25, -0.2) is 29.9 Å². The van der Waals surface area contributed by atoms with E-state index in [0.29, 0.717) is 39.8 Å². The van der Waals surface area contributed by atoms with Crippen molar-refractivity contribution >= 4 is 55.5 Å². The molecule has 14 nitrogen and oxygen atoms in total. The molecule has 8 aromatic rings. The van der Waals surface area contributed by atoms with Crippen LogP contribution in [0.5, 0.6) is 40.4 Å². The third kappa shape index (κ3) is 5.64. The second-order valence-corrected chi connectivity index (χ2v) is 10.4. The number of benzene rings is 2. The van der Waals surface area contributed by atoms with E-state index in [2.05, 4.69) is 39.9 Å². The molecule has 0 saturated heterocycles. The molecule has 6 aromatic heterocycles. The average molecular weight is 649 g/mol. The van der Waals surface area contributed by atoms with Gasteiger partial charge in [0.25, 0.3) is 0 Å². The topological polar surface area (TPSA) is 175 Å². The molecule has 232 valence electrons.